The van der Waals surface area contributed by atoms with Crippen LogP contribution < -0.4 is 0 Å². The molecule has 3 rings (SSSR count). The van der Waals surface area contributed by atoms with Crippen molar-refractivity contribution in [3.8, 4) is 0 Å². The van der Waals surface area contributed by atoms with Crippen molar-refractivity contribution in [1.29, 1.82) is 0 Å². The van der Waals surface area contributed by atoms with Crippen LogP contribution >= 0.6 is 0 Å². The van der Waals surface area contributed by atoms with E-state index < -0.39 is 112 Å². The van der Waals surface area contributed by atoms with Crippen molar-refractivity contribution in [1.82, 2.24) is 0 Å². The number of hydrogen-bond acceptors (Lipinski definition) is 16. The Morgan fingerprint density at radius 2 is 0.941 bits per heavy atom. The molecule has 3 fully saturated rings. The molecular weight excluding hydrogens is 472 g/mol. The van der Waals surface area contributed by atoms with Crippen LogP contribution in [0, 0.1) is 0 Å². The number of hydrogen-bond donors (Lipinski definition) is 11. The summed E-state index contributed by atoms with van der Waals surface area (Å²) < 4.78 is 26.4. The third-order valence-corrected chi connectivity index (χ3v) is 6.09. The van der Waals surface area contributed by atoms with Crippen LogP contribution in [0.2, 0.25) is 0 Å². The second-order valence-electron chi connectivity index (χ2n) is 8.33. The average Bonchev–Trinajstić information content (AvgIpc) is 2.83. The molecule has 0 aliphatic carbocycles. The van der Waals surface area contributed by atoms with Crippen LogP contribution in [0.25, 0.3) is 0 Å². The van der Waals surface area contributed by atoms with E-state index in [1.165, 1.54) is 0 Å². The van der Waals surface area contributed by atoms with Crippen LogP contribution in [0.4, 0.5) is 0 Å². The van der Waals surface area contributed by atoms with Crippen molar-refractivity contribution >= 4 is 0 Å². The molecule has 0 saturated carbocycles. The highest BCUT2D eigenvalue weighted by Crippen LogP contribution is 2.32. The molecule has 200 valence electrons. The van der Waals surface area contributed by atoms with Gasteiger partial charge in [-0.25, -0.2) is 0 Å². The van der Waals surface area contributed by atoms with Crippen molar-refractivity contribution in [3.05, 3.63) is 0 Å². The molecule has 0 bridgehead atoms. The molecule has 3 aliphatic heterocycles. The van der Waals surface area contributed by atoms with Crippen LogP contribution in [-0.4, -0.2) is 168 Å². The first-order valence-electron chi connectivity index (χ1n) is 10.6. The Kier molecular flexibility index (Phi) is 9.54. The van der Waals surface area contributed by atoms with Gasteiger partial charge in [0.1, 0.15) is 73.2 Å². The van der Waals surface area contributed by atoms with Crippen molar-refractivity contribution in [2.24, 2.45) is 0 Å². The molecule has 16 nitrogen and oxygen atoms in total. The van der Waals surface area contributed by atoms with E-state index in [2.05, 4.69) is 0 Å². The molecule has 0 radical (unpaired) electrons. The first-order valence-corrected chi connectivity index (χ1v) is 10.6. The zero-order valence-electron chi connectivity index (χ0n) is 17.7. The number of aliphatic hydroxyl groups is 11. The Morgan fingerprint density at radius 3 is 1.50 bits per heavy atom. The summed E-state index contributed by atoms with van der Waals surface area (Å²) in [4.78, 5) is 0. The van der Waals surface area contributed by atoms with Gasteiger partial charge in [0.25, 0.3) is 0 Å². The molecule has 0 spiro atoms. The lowest BCUT2D eigenvalue weighted by atomic mass is 9.96. The molecule has 0 amide bonds. The van der Waals surface area contributed by atoms with Gasteiger partial charge in [-0.05, 0) is 0 Å². The van der Waals surface area contributed by atoms with Gasteiger partial charge in [0.15, 0.2) is 18.9 Å². The van der Waals surface area contributed by atoms with E-state index in [0.29, 0.717) is 0 Å². The Morgan fingerprint density at radius 1 is 0.441 bits per heavy atom. The fourth-order valence-corrected chi connectivity index (χ4v) is 4.05. The number of aliphatic hydroxyl groups excluding tert-OH is 11. The molecule has 6 unspecified atom stereocenters. The Hall–Kier alpha value is -0.640. The minimum Gasteiger partial charge on any atom is -0.394 e. The summed E-state index contributed by atoms with van der Waals surface area (Å²) in [6.07, 6.45) is -25.4. The topological polar surface area (TPSA) is 269 Å². The molecule has 0 aromatic carbocycles. The maximum absolute atomic E-state index is 10.8. The summed E-state index contributed by atoms with van der Waals surface area (Å²) in [6.45, 7) is -2.34. The number of ether oxygens (including phenoxy) is 5. The Balaban J connectivity index is 1.78. The van der Waals surface area contributed by atoms with Crippen LogP contribution in [0.1, 0.15) is 0 Å². The summed E-state index contributed by atoms with van der Waals surface area (Å²) in [5.41, 5.74) is 0. The minimum absolute atomic E-state index is 0.759. The summed E-state index contributed by atoms with van der Waals surface area (Å²) in [5, 5.41) is 109. The highest BCUT2D eigenvalue weighted by atomic mass is 16.7. The Labute approximate surface area is 192 Å². The van der Waals surface area contributed by atoms with Gasteiger partial charge in [0.05, 0.1) is 19.8 Å². The Bertz CT molecular complexity index is 637. The van der Waals surface area contributed by atoms with Gasteiger partial charge < -0.3 is 79.9 Å². The fraction of sp³-hybridized carbons (Fsp3) is 1.00. The summed E-state index contributed by atoms with van der Waals surface area (Å²) in [7, 11) is 0. The monoisotopic (exact) mass is 504 g/mol. The maximum Gasteiger partial charge on any atom is 0.187 e. The standard InChI is InChI=1S/C18H32O16/c19-1-4-7(22)9(24)12(27)17(31-4)34-15-8(23)5(2-20)32-18(13(15)28)33-14-6(3-21)30-16(29)11(26)10(14)25/h4-29H,1-3H2/t4?,5-,6?,7-,8-,9?,10?,11-,12-,13?,14+,15?,16+,17+,18-/m0/s1. The average molecular weight is 504 g/mol. The molecule has 16 heteroatoms. The molecule has 3 heterocycles. The highest BCUT2D eigenvalue weighted by molar-refractivity contribution is 4.96. The van der Waals surface area contributed by atoms with Crippen LogP contribution in [0.3, 0.4) is 0 Å². The molecule has 3 saturated heterocycles. The SMILES string of the molecule is OCC1O[C@H](OC2C(O)[C@H](O[C@@H]3C(CO)O[C@@H](O)[C@@H](O)C3O)O[C@@H](CO)[C@@H]2O)[C@@H](O)C(O)[C@H]1O. The zero-order chi connectivity index (χ0) is 25.3. The van der Waals surface area contributed by atoms with Gasteiger partial charge >= 0.3 is 0 Å². The molecule has 15 atom stereocenters. The van der Waals surface area contributed by atoms with E-state index >= 15 is 0 Å². The van der Waals surface area contributed by atoms with Crippen LogP contribution in [-0.2, 0) is 23.7 Å². The maximum atomic E-state index is 10.8. The fourth-order valence-electron chi connectivity index (χ4n) is 4.05. The molecule has 0 aromatic rings. The van der Waals surface area contributed by atoms with Crippen molar-refractivity contribution in [2.45, 2.75) is 92.1 Å². The first kappa shape index (κ1) is 27.9. The minimum atomic E-state index is -1.90. The highest BCUT2D eigenvalue weighted by Gasteiger charge is 2.53. The molecular formula is C18H32O16. The van der Waals surface area contributed by atoms with Gasteiger partial charge in [0.2, 0.25) is 0 Å². The van der Waals surface area contributed by atoms with Gasteiger partial charge in [0, 0.05) is 0 Å². The van der Waals surface area contributed by atoms with Gasteiger partial charge in [-0.15, -0.1) is 0 Å². The lowest BCUT2D eigenvalue weighted by Crippen LogP contribution is -2.66. The second kappa shape index (κ2) is 11.6. The van der Waals surface area contributed by atoms with E-state index in [4.69, 9.17) is 23.7 Å². The van der Waals surface area contributed by atoms with Crippen molar-refractivity contribution < 1.29 is 79.9 Å². The molecule has 34 heavy (non-hydrogen) atoms. The van der Waals surface area contributed by atoms with E-state index in [0.717, 1.165) is 0 Å². The predicted molar refractivity (Wildman–Crippen MR) is 101 cm³/mol. The molecule has 3 aliphatic rings. The quantitative estimate of drug-likeness (QED) is 0.154. The first-order chi connectivity index (χ1) is 16.0. The third kappa shape index (κ3) is 5.37. The lowest BCUT2D eigenvalue weighted by molar-refractivity contribution is -0.378. The van der Waals surface area contributed by atoms with Gasteiger partial charge in [-0.1, -0.05) is 0 Å². The van der Waals surface area contributed by atoms with E-state index in [9.17, 15) is 56.2 Å². The van der Waals surface area contributed by atoms with Crippen molar-refractivity contribution in [3.63, 3.8) is 0 Å². The summed E-state index contributed by atoms with van der Waals surface area (Å²) in [6, 6.07) is 0. The largest absolute Gasteiger partial charge is 0.394 e. The lowest BCUT2D eigenvalue weighted by Gasteiger charge is -2.47. The molecule has 0 aromatic heterocycles. The second-order valence-corrected chi connectivity index (χ2v) is 8.33. The van der Waals surface area contributed by atoms with E-state index in [1.807, 2.05) is 0 Å². The van der Waals surface area contributed by atoms with Gasteiger partial charge in [-0.2, -0.15) is 0 Å². The normalized spacial score (nSPS) is 52.5. The summed E-state index contributed by atoms with van der Waals surface area (Å²) >= 11 is 0. The van der Waals surface area contributed by atoms with Crippen LogP contribution in [0.5, 0.6) is 0 Å². The third-order valence-electron chi connectivity index (χ3n) is 6.09. The zero-order valence-corrected chi connectivity index (χ0v) is 17.7. The summed E-state index contributed by atoms with van der Waals surface area (Å²) in [5.74, 6) is 0. The van der Waals surface area contributed by atoms with Gasteiger partial charge in [-0.3, -0.25) is 0 Å². The predicted octanol–water partition coefficient (Wildman–Crippen LogP) is -7.57. The number of rotatable bonds is 7. The molecule has 11 N–H and O–H groups in total. The van der Waals surface area contributed by atoms with E-state index in [1.54, 1.807) is 0 Å². The van der Waals surface area contributed by atoms with E-state index in [-0.39, 0.29) is 0 Å². The van der Waals surface area contributed by atoms with Crippen molar-refractivity contribution in [2.75, 3.05) is 19.8 Å². The van der Waals surface area contributed by atoms with Crippen LogP contribution in [0.15, 0.2) is 0 Å². The smallest absolute Gasteiger partial charge is 0.187 e.